The van der Waals surface area contributed by atoms with Crippen LogP contribution in [0.1, 0.15) is 22.0 Å². The second-order valence-corrected chi connectivity index (χ2v) is 5.57. The van der Waals surface area contributed by atoms with Gasteiger partial charge in [-0.3, -0.25) is 9.78 Å². The summed E-state index contributed by atoms with van der Waals surface area (Å²) < 4.78 is 10.6. The van der Waals surface area contributed by atoms with Crippen LogP contribution in [0, 0.1) is 0 Å². The van der Waals surface area contributed by atoms with Gasteiger partial charge in [0.2, 0.25) is 0 Å². The molecule has 1 aromatic carbocycles. The average Bonchev–Trinajstić information content (AvgIpc) is 2.67. The summed E-state index contributed by atoms with van der Waals surface area (Å²) in [5.41, 5.74) is 1.52. The molecule has 2 aromatic rings. The molecule has 6 nitrogen and oxygen atoms in total. The lowest BCUT2D eigenvalue weighted by Gasteiger charge is -2.36. The van der Waals surface area contributed by atoms with Gasteiger partial charge >= 0.3 is 0 Å². The van der Waals surface area contributed by atoms with Crippen molar-refractivity contribution in [1.82, 2.24) is 15.2 Å². The summed E-state index contributed by atoms with van der Waals surface area (Å²) in [6.45, 7) is 2.08. The Morgan fingerprint density at radius 2 is 2.17 bits per heavy atom. The maximum Gasteiger partial charge on any atom is 0.258 e. The molecule has 126 valence electrons. The van der Waals surface area contributed by atoms with E-state index in [2.05, 4.69) is 10.3 Å². The van der Waals surface area contributed by atoms with Crippen molar-refractivity contribution in [1.29, 1.82) is 0 Å². The zero-order valence-electron chi connectivity index (χ0n) is 13.9. The van der Waals surface area contributed by atoms with Crippen LogP contribution >= 0.6 is 0 Å². The number of hydrogen-bond acceptors (Lipinski definition) is 5. The van der Waals surface area contributed by atoms with Crippen molar-refractivity contribution in [3.05, 3.63) is 53.9 Å². The second kappa shape index (κ2) is 7.31. The second-order valence-electron chi connectivity index (χ2n) is 5.57. The minimum absolute atomic E-state index is 0.0594. The fourth-order valence-electron chi connectivity index (χ4n) is 2.95. The molecular formula is C18H21N3O3. The quantitative estimate of drug-likeness (QED) is 0.929. The number of piperazine rings is 1. The first kappa shape index (κ1) is 16.3. The van der Waals surface area contributed by atoms with Gasteiger partial charge in [-0.05, 0) is 29.8 Å². The van der Waals surface area contributed by atoms with E-state index < -0.39 is 0 Å². The van der Waals surface area contributed by atoms with Crippen LogP contribution in [-0.2, 0) is 0 Å². The van der Waals surface area contributed by atoms with Gasteiger partial charge in [-0.2, -0.15) is 0 Å². The number of ether oxygens (including phenoxy) is 2. The third kappa shape index (κ3) is 3.19. The van der Waals surface area contributed by atoms with E-state index in [0.717, 1.165) is 12.1 Å². The van der Waals surface area contributed by atoms with E-state index in [1.807, 2.05) is 17.0 Å². The van der Waals surface area contributed by atoms with Gasteiger partial charge in [0.25, 0.3) is 5.91 Å². The van der Waals surface area contributed by atoms with Crippen LogP contribution < -0.4 is 14.8 Å². The van der Waals surface area contributed by atoms with Crippen LogP contribution in [0.3, 0.4) is 0 Å². The lowest BCUT2D eigenvalue weighted by atomic mass is 10.0. The highest BCUT2D eigenvalue weighted by Gasteiger charge is 2.30. The largest absolute Gasteiger partial charge is 0.497 e. The van der Waals surface area contributed by atoms with Crippen LogP contribution in [-0.4, -0.2) is 49.6 Å². The van der Waals surface area contributed by atoms with E-state index in [4.69, 9.17) is 9.47 Å². The molecule has 1 aromatic heterocycles. The summed E-state index contributed by atoms with van der Waals surface area (Å²) in [7, 11) is 3.15. The Morgan fingerprint density at radius 3 is 2.88 bits per heavy atom. The monoisotopic (exact) mass is 327 g/mol. The molecule has 1 atom stereocenters. The molecule has 1 unspecified atom stereocenters. The highest BCUT2D eigenvalue weighted by Crippen LogP contribution is 2.29. The molecule has 1 fully saturated rings. The van der Waals surface area contributed by atoms with E-state index in [1.165, 1.54) is 0 Å². The van der Waals surface area contributed by atoms with Crippen molar-refractivity contribution in [2.24, 2.45) is 0 Å². The summed E-state index contributed by atoms with van der Waals surface area (Å²) in [5, 5.41) is 3.34. The van der Waals surface area contributed by atoms with Gasteiger partial charge in [-0.15, -0.1) is 0 Å². The Bertz CT molecular complexity index is 706. The van der Waals surface area contributed by atoms with Gasteiger partial charge in [-0.1, -0.05) is 6.07 Å². The third-order valence-corrected chi connectivity index (χ3v) is 4.21. The molecule has 1 N–H and O–H groups in total. The van der Waals surface area contributed by atoms with Crippen LogP contribution in [0.4, 0.5) is 0 Å². The van der Waals surface area contributed by atoms with Crippen LogP contribution in [0.25, 0.3) is 0 Å². The van der Waals surface area contributed by atoms with Crippen molar-refractivity contribution >= 4 is 5.91 Å². The number of benzene rings is 1. The highest BCUT2D eigenvalue weighted by molar-refractivity contribution is 5.97. The number of aromatic nitrogens is 1. The fourth-order valence-corrected chi connectivity index (χ4v) is 2.95. The number of nitrogens with one attached hydrogen (secondary N) is 1. The summed E-state index contributed by atoms with van der Waals surface area (Å²) >= 11 is 0. The summed E-state index contributed by atoms with van der Waals surface area (Å²) in [4.78, 5) is 19.2. The number of carbonyl (C=O) groups excluding carboxylic acids is 1. The van der Waals surface area contributed by atoms with E-state index in [0.29, 0.717) is 30.2 Å². The lowest BCUT2D eigenvalue weighted by molar-refractivity contribution is 0.0630. The Hall–Kier alpha value is -2.60. The number of nitrogens with zero attached hydrogens (tertiary/aromatic N) is 2. The molecule has 0 spiro atoms. The number of rotatable bonds is 4. The molecule has 0 bridgehead atoms. The molecule has 0 saturated carbocycles. The highest BCUT2D eigenvalue weighted by atomic mass is 16.5. The molecule has 6 heteroatoms. The van der Waals surface area contributed by atoms with Crippen LogP contribution in [0.5, 0.6) is 11.5 Å². The molecule has 1 aliphatic heterocycles. The minimum atomic E-state index is -0.0684. The summed E-state index contributed by atoms with van der Waals surface area (Å²) in [5.74, 6) is 1.11. The Morgan fingerprint density at radius 1 is 1.29 bits per heavy atom. The SMILES string of the molecule is COc1ccc(OC)c(C(=O)N2CCNCC2c2cccnc2)c1. The van der Waals surface area contributed by atoms with Crippen LogP contribution in [0.15, 0.2) is 42.7 Å². The zero-order valence-corrected chi connectivity index (χ0v) is 13.9. The van der Waals surface area contributed by atoms with Gasteiger partial charge in [0.1, 0.15) is 11.5 Å². The average molecular weight is 327 g/mol. The number of amides is 1. The first-order valence-corrected chi connectivity index (χ1v) is 7.88. The summed E-state index contributed by atoms with van der Waals surface area (Å²) in [6, 6.07) is 9.09. The zero-order chi connectivity index (χ0) is 16.9. The maximum atomic E-state index is 13.2. The van der Waals surface area contributed by atoms with E-state index >= 15 is 0 Å². The Labute approximate surface area is 141 Å². The number of hydrogen-bond donors (Lipinski definition) is 1. The molecule has 0 radical (unpaired) electrons. The maximum absolute atomic E-state index is 13.2. The molecular weight excluding hydrogens is 306 g/mol. The molecule has 1 amide bonds. The Balaban J connectivity index is 1.95. The first-order valence-electron chi connectivity index (χ1n) is 7.88. The minimum Gasteiger partial charge on any atom is -0.497 e. The van der Waals surface area contributed by atoms with Gasteiger partial charge in [0, 0.05) is 32.0 Å². The van der Waals surface area contributed by atoms with E-state index in [-0.39, 0.29) is 11.9 Å². The Kier molecular flexibility index (Phi) is 4.96. The van der Waals surface area contributed by atoms with Gasteiger partial charge in [0.05, 0.1) is 25.8 Å². The number of methoxy groups -OCH3 is 2. The molecule has 1 saturated heterocycles. The third-order valence-electron chi connectivity index (χ3n) is 4.21. The first-order chi connectivity index (χ1) is 11.7. The predicted octanol–water partition coefficient (Wildman–Crippen LogP) is 1.89. The van der Waals surface area contributed by atoms with Gasteiger partial charge in [0.15, 0.2) is 0 Å². The van der Waals surface area contributed by atoms with Gasteiger partial charge < -0.3 is 19.7 Å². The fraction of sp³-hybridized carbons (Fsp3) is 0.333. The lowest BCUT2D eigenvalue weighted by Crippen LogP contribution is -2.48. The smallest absolute Gasteiger partial charge is 0.258 e. The van der Waals surface area contributed by atoms with Crippen molar-refractivity contribution in [2.45, 2.75) is 6.04 Å². The summed E-state index contributed by atoms with van der Waals surface area (Å²) in [6.07, 6.45) is 3.54. The normalized spacial score (nSPS) is 17.4. The van der Waals surface area contributed by atoms with Crippen molar-refractivity contribution in [3.8, 4) is 11.5 Å². The number of carbonyl (C=O) groups is 1. The molecule has 1 aliphatic rings. The van der Waals surface area contributed by atoms with E-state index in [9.17, 15) is 4.79 Å². The molecule has 0 aliphatic carbocycles. The predicted molar refractivity (Wildman–Crippen MR) is 90.4 cm³/mol. The molecule has 3 rings (SSSR count). The topological polar surface area (TPSA) is 63.7 Å². The van der Waals surface area contributed by atoms with Crippen LogP contribution in [0.2, 0.25) is 0 Å². The van der Waals surface area contributed by atoms with Crippen molar-refractivity contribution in [3.63, 3.8) is 0 Å². The molecule has 24 heavy (non-hydrogen) atoms. The van der Waals surface area contributed by atoms with Crippen molar-refractivity contribution < 1.29 is 14.3 Å². The van der Waals surface area contributed by atoms with Gasteiger partial charge in [-0.25, -0.2) is 0 Å². The standard InChI is InChI=1S/C18H21N3O3/c1-23-14-5-6-17(24-2)15(10-14)18(22)21-9-8-20-12-16(21)13-4-3-7-19-11-13/h3-7,10-11,16,20H,8-9,12H2,1-2H3. The number of pyridine rings is 1. The van der Waals surface area contributed by atoms with Crippen molar-refractivity contribution in [2.75, 3.05) is 33.9 Å². The molecule has 2 heterocycles. The van der Waals surface area contributed by atoms with E-state index in [1.54, 1.807) is 44.8 Å².